The Morgan fingerprint density at radius 3 is 2.10 bits per heavy atom. The molecule has 0 radical (unpaired) electrons. The molecule has 2 heterocycles. The fourth-order valence-corrected chi connectivity index (χ4v) is 6.98. The van der Waals surface area contributed by atoms with E-state index >= 15 is 0 Å². The predicted molar refractivity (Wildman–Crippen MR) is 84.7 cm³/mol. The van der Waals surface area contributed by atoms with E-state index in [9.17, 15) is 0 Å². The van der Waals surface area contributed by atoms with Crippen LogP contribution in [0.4, 0.5) is 0 Å². The van der Waals surface area contributed by atoms with Gasteiger partial charge in [-0.3, -0.25) is 0 Å². The zero-order valence-corrected chi connectivity index (χ0v) is 13.2. The SMILES string of the molecule is COCCOc1ccc([S+]2C3CCCC2CCC3)cc1. The summed E-state index contributed by atoms with van der Waals surface area (Å²) < 4.78 is 10.7. The second-order valence-electron chi connectivity index (χ2n) is 5.79. The van der Waals surface area contributed by atoms with Gasteiger partial charge in [-0.1, -0.05) is 0 Å². The first-order valence-corrected chi connectivity index (χ1v) is 9.17. The Morgan fingerprint density at radius 1 is 0.950 bits per heavy atom. The zero-order valence-electron chi connectivity index (χ0n) is 12.3. The van der Waals surface area contributed by atoms with Crippen molar-refractivity contribution >= 4 is 10.9 Å². The quantitative estimate of drug-likeness (QED) is 0.607. The van der Waals surface area contributed by atoms with Gasteiger partial charge in [0.1, 0.15) is 22.9 Å². The van der Waals surface area contributed by atoms with Gasteiger partial charge in [-0.05, 0) is 62.8 Å². The number of rotatable bonds is 5. The number of hydrogen-bond acceptors (Lipinski definition) is 2. The van der Waals surface area contributed by atoms with E-state index in [1.165, 1.54) is 38.5 Å². The highest BCUT2D eigenvalue weighted by atomic mass is 32.2. The molecule has 3 rings (SSSR count). The lowest BCUT2D eigenvalue weighted by atomic mass is 9.99. The fourth-order valence-electron chi connectivity index (χ4n) is 3.54. The molecular formula is C17H25O2S+. The van der Waals surface area contributed by atoms with Crippen molar-refractivity contribution in [3.63, 3.8) is 0 Å². The normalized spacial score (nSPS) is 29.1. The monoisotopic (exact) mass is 293 g/mol. The maximum absolute atomic E-state index is 5.66. The lowest BCUT2D eigenvalue weighted by Gasteiger charge is -2.34. The van der Waals surface area contributed by atoms with Crippen LogP contribution < -0.4 is 4.74 Å². The Hall–Kier alpha value is -0.670. The van der Waals surface area contributed by atoms with E-state index in [2.05, 4.69) is 24.3 Å². The van der Waals surface area contributed by atoms with Gasteiger partial charge in [-0.15, -0.1) is 0 Å². The minimum absolute atomic E-state index is 0.500. The first-order chi connectivity index (χ1) is 9.88. The van der Waals surface area contributed by atoms with Crippen LogP contribution in [0.1, 0.15) is 38.5 Å². The second-order valence-corrected chi connectivity index (χ2v) is 8.34. The van der Waals surface area contributed by atoms with Crippen LogP contribution in [0.2, 0.25) is 0 Å². The van der Waals surface area contributed by atoms with Crippen LogP contribution in [-0.2, 0) is 15.6 Å². The van der Waals surface area contributed by atoms with Crippen LogP contribution in [0.3, 0.4) is 0 Å². The van der Waals surface area contributed by atoms with Gasteiger partial charge >= 0.3 is 0 Å². The van der Waals surface area contributed by atoms with Crippen LogP contribution in [0.15, 0.2) is 29.2 Å². The molecule has 0 aliphatic carbocycles. The van der Waals surface area contributed by atoms with Crippen molar-refractivity contribution in [1.82, 2.24) is 0 Å². The van der Waals surface area contributed by atoms with Crippen molar-refractivity contribution in [3.05, 3.63) is 24.3 Å². The average molecular weight is 293 g/mol. The maximum Gasteiger partial charge on any atom is 0.155 e. The van der Waals surface area contributed by atoms with E-state index in [1.54, 1.807) is 12.0 Å². The molecule has 2 aliphatic rings. The minimum Gasteiger partial charge on any atom is -0.491 e. The van der Waals surface area contributed by atoms with Gasteiger partial charge in [-0.25, -0.2) is 0 Å². The summed E-state index contributed by atoms with van der Waals surface area (Å²) in [6.45, 7) is 1.28. The number of benzene rings is 1. The lowest BCUT2D eigenvalue weighted by molar-refractivity contribution is 0.146. The number of ether oxygens (including phenoxy) is 2. The van der Waals surface area contributed by atoms with E-state index < -0.39 is 0 Å². The first kappa shape index (κ1) is 14.3. The fraction of sp³-hybridized carbons (Fsp3) is 0.647. The van der Waals surface area contributed by atoms with Crippen LogP contribution in [-0.4, -0.2) is 30.8 Å². The molecular weight excluding hydrogens is 268 g/mol. The largest absolute Gasteiger partial charge is 0.491 e. The van der Waals surface area contributed by atoms with Gasteiger partial charge in [0, 0.05) is 18.0 Å². The summed E-state index contributed by atoms with van der Waals surface area (Å²) >= 11 is 0. The third-order valence-corrected chi connectivity index (χ3v) is 7.67. The van der Waals surface area contributed by atoms with Gasteiger partial charge in [0.25, 0.3) is 0 Å². The average Bonchev–Trinajstić information content (AvgIpc) is 2.47. The molecule has 2 saturated heterocycles. The molecule has 2 aliphatic heterocycles. The summed E-state index contributed by atoms with van der Waals surface area (Å²) in [5.41, 5.74) is 0. The van der Waals surface area contributed by atoms with Crippen molar-refractivity contribution in [3.8, 4) is 5.75 Å². The maximum atomic E-state index is 5.66. The van der Waals surface area contributed by atoms with Gasteiger partial charge < -0.3 is 9.47 Å². The molecule has 110 valence electrons. The molecule has 3 heteroatoms. The molecule has 0 saturated carbocycles. The van der Waals surface area contributed by atoms with Gasteiger partial charge in [0.15, 0.2) is 4.90 Å². The molecule has 2 bridgehead atoms. The van der Waals surface area contributed by atoms with Crippen LogP contribution in [0.5, 0.6) is 5.75 Å². The molecule has 0 atom stereocenters. The van der Waals surface area contributed by atoms with Crippen molar-refractivity contribution in [2.45, 2.75) is 53.9 Å². The summed E-state index contributed by atoms with van der Waals surface area (Å²) in [5, 5.41) is 1.92. The van der Waals surface area contributed by atoms with Gasteiger partial charge in [-0.2, -0.15) is 0 Å². The third kappa shape index (κ3) is 3.15. The molecule has 0 amide bonds. The standard InChI is InChI=1S/C17H25O2S/c1-18-12-13-19-14-8-10-17(11-9-14)20-15-4-2-5-16(20)7-3-6-15/h8-11,15-16H,2-7,12-13H2,1H3/q+1. The summed E-state index contributed by atoms with van der Waals surface area (Å²) in [7, 11) is 2.20. The van der Waals surface area contributed by atoms with Crippen LogP contribution >= 0.6 is 0 Å². The van der Waals surface area contributed by atoms with Crippen molar-refractivity contribution < 1.29 is 9.47 Å². The summed E-state index contributed by atoms with van der Waals surface area (Å²) in [5.74, 6) is 0.969. The van der Waals surface area contributed by atoms with Crippen molar-refractivity contribution in [1.29, 1.82) is 0 Å². The summed E-state index contributed by atoms with van der Waals surface area (Å²) in [6.07, 6.45) is 8.71. The molecule has 0 aromatic heterocycles. The number of methoxy groups -OCH3 is 1. The Labute approximate surface area is 125 Å². The molecule has 1 aromatic carbocycles. The van der Waals surface area contributed by atoms with E-state index in [0.29, 0.717) is 24.1 Å². The topological polar surface area (TPSA) is 18.5 Å². The van der Waals surface area contributed by atoms with E-state index in [1.807, 2.05) is 0 Å². The van der Waals surface area contributed by atoms with Crippen LogP contribution in [0, 0.1) is 0 Å². The smallest absolute Gasteiger partial charge is 0.155 e. The minimum atomic E-state index is 0.500. The molecule has 0 unspecified atom stereocenters. The molecule has 1 aromatic rings. The Morgan fingerprint density at radius 2 is 1.55 bits per heavy atom. The molecule has 20 heavy (non-hydrogen) atoms. The summed E-state index contributed by atoms with van der Waals surface area (Å²) in [6, 6.07) is 8.90. The Kier molecular flexibility index (Phi) is 4.90. The van der Waals surface area contributed by atoms with Gasteiger partial charge in [0.05, 0.1) is 6.61 Å². The number of hydrogen-bond donors (Lipinski definition) is 0. The molecule has 0 spiro atoms. The third-order valence-electron chi connectivity index (χ3n) is 4.47. The van der Waals surface area contributed by atoms with E-state index in [-0.39, 0.29) is 0 Å². The molecule has 2 fully saturated rings. The van der Waals surface area contributed by atoms with E-state index in [0.717, 1.165) is 16.2 Å². The van der Waals surface area contributed by atoms with Crippen molar-refractivity contribution in [2.75, 3.05) is 20.3 Å². The Balaban J connectivity index is 1.67. The Bertz CT molecular complexity index is 396. The predicted octanol–water partition coefficient (Wildman–Crippen LogP) is 3.79. The summed E-state index contributed by atoms with van der Waals surface area (Å²) in [4.78, 5) is 1.57. The van der Waals surface area contributed by atoms with Gasteiger partial charge in [0.2, 0.25) is 0 Å². The number of fused-ring (bicyclic) bond motifs is 2. The van der Waals surface area contributed by atoms with Crippen molar-refractivity contribution in [2.24, 2.45) is 0 Å². The van der Waals surface area contributed by atoms with E-state index in [4.69, 9.17) is 9.47 Å². The highest BCUT2D eigenvalue weighted by Gasteiger charge is 2.45. The van der Waals surface area contributed by atoms with Crippen LogP contribution in [0.25, 0.3) is 0 Å². The highest BCUT2D eigenvalue weighted by molar-refractivity contribution is 7.98. The molecule has 2 nitrogen and oxygen atoms in total. The zero-order chi connectivity index (χ0) is 13.8. The highest BCUT2D eigenvalue weighted by Crippen LogP contribution is 2.42. The molecule has 0 N–H and O–H groups in total. The lowest BCUT2D eigenvalue weighted by Crippen LogP contribution is -2.40. The second kappa shape index (κ2) is 6.86. The first-order valence-electron chi connectivity index (χ1n) is 7.82.